The molecule has 0 bridgehead atoms. The second-order valence-electron chi connectivity index (χ2n) is 6.54. The number of rotatable bonds is 7. The number of hydrogen-bond donors (Lipinski definition) is 1. The van der Waals surface area contributed by atoms with Gasteiger partial charge >= 0.3 is 0 Å². The summed E-state index contributed by atoms with van der Waals surface area (Å²) >= 11 is 6.03. The van der Waals surface area contributed by atoms with Crippen molar-refractivity contribution >= 4 is 34.3 Å². The van der Waals surface area contributed by atoms with E-state index in [9.17, 15) is 4.79 Å². The molecule has 158 valence electrons. The van der Waals surface area contributed by atoms with Crippen molar-refractivity contribution in [2.75, 3.05) is 26.1 Å². The number of oxazole rings is 1. The number of fused-ring (bicyclic) bond motifs is 1. The first-order valence-electron chi connectivity index (χ1n) is 9.37. The number of carbonyl (C=O) groups excluding carboxylic acids is 1. The molecule has 1 N–H and O–H groups in total. The molecule has 0 fully saturated rings. The molecule has 0 aliphatic heterocycles. The normalized spacial score (nSPS) is 10.7. The van der Waals surface area contributed by atoms with E-state index >= 15 is 0 Å². The highest BCUT2D eigenvalue weighted by atomic mass is 35.5. The molecule has 0 aliphatic carbocycles. The zero-order chi connectivity index (χ0) is 21.8. The number of amides is 1. The van der Waals surface area contributed by atoms with Crippen LogP contribution < -0.4 is 19.5 Å². The third-order valence-corrected chi connectivity index (χ3v) is 4.81. The minimum Gasteiger partial charge on any atom is -0.493 e. The van der Waals surface area contributed by atoms with Gasteiger partial charge in [-0.1, -0.05) is 23.7 Å². The number of anilines is 1. The fraction of sp³-hybridized carbons (Fsp3) is 0.130. The molecule has 4 rings (SSSR count). The van der Waals surface area contributed by atoms with Gasteiger partial charge in [0.15, 0.2) is 23.7 Å². The third-order valence-electron chi connectivity index (χ3n) is 4.50. The number of nitrogens with zero attached hydrogens (tertiary/aromatic N) is 1. The number of carbonyl (C=O) groups is 1. The Labute approximate surface area is 183 Å². The number of ether oxygens (including phenoxy) is 3. The third kappa shape index (κ3) is 4.57. The van der Waals surface area contributed by atoms with E-state index in [0.717, 1.165) is 5.56 Å². The van der Waals surface area contributed by atoms with E-state index in [1.165, 1.54) is 0 Å². The van der Waals surface area contributed by atoms with Gasteiger partial charge in [0.05, 0.1) is 19.2 Å². The summed E-state index contributed by atoms with van der Waals surface area (Å²) in [6.45, 7) is -0.169. The Bertz CT molecular complexity index is 1240. The first kappa shape index (κ1) is 20.6. The fourth-order valence-corrected chi connectivity index (χ4v) is 3.19. The lowest BCUT2D eigenvalue weighted by Gasteiger charge is -2.08. The van der Waals surface area contributed by atoms with Gasteiger partial charge in [-0.15, -0.1) is 0 Å². The maximum absolute atomic E-state index is 12.2. The van der Waals surface area contributed by atoms with E-state index in [0.29, 0.717) is 44.9 Å². The highest BCUT2D eigenvalue weighted by Crippen LogP contribution is 2.33. The minimum atomic E-state index is -0.317. The van der Waals surface area contributed by atoms with Crippen LogP contribution in [0.1, 0.15) is 0 Å². The molecular formula is C23H19ClN2O5. The van der Waals surface area contributed by atoms with Crippen molar-refractivity contribution in [2.24, 2.45) is 0 Å². The van der Waals surface area contributed by atoms with Crippen LogP contribution in [0, 0.1) is 0 Å². The zero-order valence-electron chi connectivity index (χ0n) is 16.8. The molecule has 0 saturated heterocycles. The van der Waals surface area contributed by atoms with Crippen LogP contribution in [0.5, 0.6) is 17.2 Å². The smallest absolute Gasteiger partial charge is 0.262 e. The molecule has 0 unspecified atom stereocenters. The van der Waals surface area contributed by atoms with E-state index in [4.69, 9.17) is 30.2 Å². The Hall–Kier alpha value is -3.71. The number of hydrogen-bond acceptors (Lipinski definition) is 6. The van der Waals surface area contributed by atoms with Gasteiger partial charge < -0.3 is 23.9 Å². The SMILES string of the molecule is COc1ccc(-c2nc3cc(NC(=O)COc4ccccc4Cl)ccc3o2)cc1OC. The molecule has 1 heterocycles. The summed E-state index contributed by atoms with van der Waals surface area (Å²) in [5.41, 5.74) is 2.52. The highest BCUT2D eigenvalue weighted by Gasteiger charge is 2.13. The van der Waals surface area contributed by atoms with E-state index in [-0.39, 0.29) is 12.5 Å². The summed E-state index contributed by atoms with van der Waals surface area (Å²) < 4.78 is 21.9. The lowest BCUT2D eigenvalue weighted by atomic mass is 10.2. The molecule has 0 spiro atoms. The van der Waals surface area contributed by atoms with Gasteiger partial charge in [0.2, 0.25) is 5.89 Å². The summed E-state index contributed by atoms with van der Waals surface area (Å²) in [4.78, 5) is 16.8. The maximum atomic E-state index is 12.2. The van der Waals surface area contributed by atoms with E-state index in [2.05, 4.69) is 10.3 Å². The molecule has 0 aliphatic rings. The number of benzene rings is 3. The Kier molecular flexibility index (Phi) is 5.95. The second-order valence-corrected chi connectivity index (χ2v) is 6.95. The largest absolute Gasteiger partial charge is 0.493 e. The monoisotopic (exact) mass is 438 g/mol. The standard InChI is InChI=1S/C23H19ClN2O5/c1-28-20-9-7-14(11-21(20)29-2)23-26-17-12-15(8-10-19(17)31-23)25-22(27)13-30-18-6-4-3-5-16(18)24/h3-12H,13H2,1-2H3,(H,25,27). The fourth-order valence-electron chi connectivity index (χ4n) is 3.00. The number of halogens is 1. The van der Waals surface area contributed by atoms with Crippen molar-refractivity contribution < 1.29 is 23.4 Å². The molecule has 1 aromatic heterocycles. The van der Waals surface area contributed by atoms with Gasteiger partial charge in [0.1, 0.15) is 11.3 Å². The molecule has 31 heavy (non-hydrogen) atoms. The number of para-hydroxylation sites is 1. The van der Waals surface area contributed by atoms with Gasteiger partial charge in [0, 0.05) is 11.3 Å². The van der Waals surface area contributed by atoms with E-state index in [1.54, 1.807) is 68.8 Å². The number of nitrogens with one attached hydrogen (secondary N) is 1. The van der Waals surface area contributed by atoms with Crippen LogP contribution in [0.4, 0.5) is 5.69 Å². The lowest BCUT2D eigenvalue weighted by molar-refractivity contribution is -0.118. The summed E-state index contributed by atoms with van der Waals surface area (Å²) in [6, 6.07) is 17.6. The number of methoxy groups -OCH3 is 2. The van der Waals surface area contributed by atoms with Crippen LogP contribution in [0.15, 0.2) is 65.1 Å². The topological polar surface area (TPSA) is 82.8 Å². The van der Waals surface area contributed by atoms with Crippen LogP contribution in [0.25, 0.3) is 22.6 Å². The first-order chi connectivity index (χ1) is 15.1. The number of aromatic nitrogens is 1. The summed E-state index contributed by atoms with van der Waals surface area (Å²) in [6.07, 6.45) is 0. The molecular weight excluding hydrogens is 420 g/mol. The quantitative estimate of drug-likeness (QED) is 0.428. The van der Waals surface area contributed by atoms with Gasteiger partial charge in [-0.25, -0.2) is 4.98 Å². The highest BCUT2D eigenvalue weighted by molar-refractivity contribution is 6.32. The first-order valence-corrected chi connectivity index (χ1v) is 9.75. The molecule has 4 aromatic rings. The van der Waals surface area contributed by atoms with Gasteiger partial charge in [-0.3, -0.25) is 4.79 Å². The van der Waals surface area contributed by atoms with Crippen molar-refractivity contribution in [3.63, 3.8) is 0 Å². The Morgan fingerprint density at radius 1 is 1.00 bits per heavy atom. The Morgan fingerprint density at radius 3 is 2.58 bits per heavy atom. The Balaban J connectivity index is 1.49. The van der Waals surface area contributed by atoms with Crippen LogP contribution in [-0.2, 0) is 4.79 Å². The van der Waals surface area contributed by atoms with Crippen molar-refractivity contribution in [3.05, 3.63) is 65.7 Å². The summed E-state index contributed by atoms with van der Waals surface area (Å²) in [5, 5.41) is 3.23. The zero-order valence-corrected chi connectivity index (χ0v) is 17.6. The molecule has 1 amide bonds. The van der Waals surface area contributed by atoms with Crippen LogP contribution in [-0.4, -0.2) is 31.7 Å². The minimum absolute atomic E-state index is 0.169. The van der Waals surface area contributed by atoms with Crippen molar-refractivity contribution in [1.29, 1.82) is 0 Å². The van der Waals surface area contributed by atoms with Gasteiger partial charge in [-0.2, -0.15) is 0 Å². The maximum Gasteiger partial charge on any atom is 0.262 e. The molecule has 7 nitrogen and oxygen atoms in total. The van der Waals surface area contributed by atoms with Crippen molar-refractivity contribution in [3.8, 4) is 28.7 Å². The second kappa shape index (κ2) is 8.97. The van der Waals surface area contributed by atoms with Gasteiger partial charge in [-0.05, 0) is 48.5 Å². The molecule has 8 heteroatoms. The average molecular weight is 439 g/mol. The Morgan fingerprint density at radius 2 is 1.81 bits per heavy atom. The van der Waals surface area contributed by atoms with E-state index < -0.39 is 0 Å². The van der Waals surface area contributed by atoms with E-state index in [1.807, 2.05) is 6.07 Å². The predicted octanol–water partition coefficient (Wildman–Crippen LogP) is 5.18. The average Bonchev–Trinajstić information content (AvgIpc) is 3.21. The van der Waals surface area contributed by atoms with Crippen molar-refractivity contribution in [2.45, 2.75) is 0 Å². The molecule has 3 aromatic carbocycles. The molecule has 0 radical (unpaired) electrons. The van der Waals surface area contributed by atoms with Crippen LogP contribution >= 0.6 is 11.6 Å². The summed E-state index contributed by atoms with van der Waals surface area (Å²) in [5.74, 6) is 1.76. The van der Waals surface area contributed by atoms with Gasteiger partial charge in [0.25, 0.3) is 5.91 Å². The molecule has 0 saturated carbocycles. The van der Waals surface area contributed by atoms with Crippen molar-refractivity contribution in [1.82, 2.24) is 4.98 Å². The molecule has 0 atom stereocenters. The summed E-state index contributed by atoms with van der Waals surface area (Å²) in [7, 11) is 3.14. The predicted molar refractivity (Wildman–Crippen MR) is 118 cm³/mol. The van der Waals surface area contributed by atoms with Crippen LogP contribution in [0.2, 0.25) is 5.02 Å². The lowest BCUT2D eigenvalue weighted by Crippen LogP contribution is -2.20. The van der Waals surface area contributed by atoms with Crippen LogP contribution in [0.3, 0.4) is 0 Å².